The van der Waals surface area contributed by atoms with Crippen LogP contribution in [0.15, 0.2) is 22.7 Å². The molecule has 0 amide bonds. The van der Waals surface area contributed by atoms with Crippen LogP contribution in [0.4, 0.5) is 13.2 Å². The number of hydrogen-bond acceptors (Lipinski definition) is 2. The first-order valence-corrected chi connectivity index (χ1v) is 6.26. The van der Waals surface area contributed by atoms with Crippen LogP contribution in [-0.4, -0.2) is 30.8 Å². The molecule has 0 radical (unpaired) electrons. The predicted octanol–water partition coefficient (Wildman–Crippen LogP) is 3.16. The molecule has 0 aliphatic carbocycles. The number of benzene rings is 1. The van der Waals surface area contributed by atoms with Crippen LogP contribution in [0.3, 0.4) is 0 Å². The molecule has 1 atom stereocenters. The lowest BCUT2D eigenvalue weighted by molar-refractivity contribution is 0.00506. The molecule has 1 aromatic rings. The van der Waals surface area contributed by atoms with E-state index in [4.69, 9.17) is 0 Å². The van der Waals surface area contributed by atoms with Crippen molar-refractivity contribution in [2.75, 3.05) is 13.2 Å². The number of hydrogen-bond donors (Lipinski definition) is 1. The normalized spacial score (nSPS) is 13.0. The first-order valence-electron chi connectivity index (χ1n) is 5.47. The molecular weight excluding hydrogens is 313 g/mol. The molecule has 0 aromatic heterocycles. The molecule has 0 saturated carbocycles. The second kappa shape index (κ2) is 7.76. The van der Waals surface area contributed by atoms with Gasteiger partial charge >= 0.3 is 0 Å². The summed E-state index contributed by atoms with van der Waals surface area (Å²) in [6.07, 6.45) is -2.98. The molecule has 1 unspecified atom stereocenters. The topological polar surface area (TPSA) is 29.5 Å². The molecule has 1 aromatic carbocycles. The van der Waals surface area contributed by atoms with Crippen molar-refractivity contribution in [2.45, 2.75) is 25.4 Å². The van der Waals surface area contributed by atoms with Crippen LogP contribution in [0, 0.1) is 5.82 Å². The van der Waals surface area contributed by atoms with Gasteiger partial charge in [0.05, 0.1) is 6.10 Å². The third-order valence-electron chi connectivity index (χ3n) is 2.31. The minimum Gasteiger partial charge on any atom is -0.393 e. The van der Waals surface area contributed by atoms with Crippen LogP contribution in [0.1, 0.15) is 12.0 Å². The van der Waals surface area contributed by atoms with E-state index in [2.05, 4.69) is 20.7 Å². The van der Waals surface area contributed by atoms with Crippen molar-refractivity contribution < 1.29 is 23.0 Å². The third-order valence-corrected chi connectivity index (χ3v) is 2.80. The maximum absolute atomic E-state index is 13.4. The van der Waals surface area contributed by atoms with Gasteiger partial charge in [-0.1, -0.05) is 22.0 Å². The van der Waals surface area contributed by atoms with Gasteiger partial charge < -0.3 is 9.84 Å². The summed E-state index contributed by atoms with van der Waals surface area (Å²) >= 11 is 3.13. The molecule has 0 heterocycles. The summed E-state index contributed by atoms with van der Waals surface area (Å²) in [6, 6.07) is 4.57. The van der Waals surface area contributed by atoms with Crippen molar-refractivity contribution in [1.82, 2.24) is 0 Å². The quantitative estimate of drug-likeness (QED) is 0.780. The van der Waals surface area contributed by atoms with Gasteiger partial charge in [-0.2, -0.15) is 0 Å². The number of halogens is 4. The summed E-state index contributed by atoms with van der Waals surface area (Å²) in [4.78, 5) is 0. The zero-order chi connectivity index (χ0) is 13.5. The van der Waals surface area contributed by atoms with Crippen molar-refractivity contribution >= 4 is 15.9 Å². The molecule has 0 aliphatic heterocycles. The highest BCUT2D eigenvalue weighted by atomic mass is 79.9. The van der Waals surface area contributed by atoms with E-state index in [1.54, 1.807) is 12.1 Å². The lowest BCUT2D eigenvalue weighted by atomic mass is 10.1. The van der Waals surface area contributed by atoms with Crippen LogP contribution < -0.4 is 0 Å². The van der Waals surface area contributed by atoms with Gasteiger partial charge in [-0.25, -0.2) is 13.2 Å². The summed E-state index contributed by atoms with van der Waals surface area (Å²) in [5.41, 5.74) is 0.388. The number of ether oxygens (including phenoxy) is 1. The number of rotatable bonds is 7. The van der Waals surface area contributed by atoms with E-state index in [-0.39, 0.29) is 19.4 Å². The maximum atomic E-state index is 13.4. The van der Waals surface area contributed by atoms with Gasteiger partial charge in [0.1, 0.15) is 12.4 Å². The van der Waals surface area contributed by atoms with E-state index >= 15 is 0 Å². The van der Waals surface area contributed by atoms with Crippen LogP contribution in [0.25, 0.3) is 0 Å². The predicted molar refractivity (Wildman–Crippen MR) is 65.3 cm³/mol. The third kappa shape index (κ3) is 5.84. The molecule has 0 bridgehead atoms. The molecule has 102 valence electrons. The summed E-state index contributed by atoms with van der Waals surface area (Å²) in [5.74, 6) is -0.406. The molecule has 1 rings (SSSR count). The minimum absolute atomic E-state index is 0.0314. The van der Waals surface area contributed by atoms with Crippen LogP contribution in [0.2, 0.25) is 0 Å². The fourth-order valence-corrected chi connectivity index (χ4v) is 1.77. The van der Waals surface area contributed by atoms with Crippen molar-refractivity contribution in [3.05, 3.63) is 34.1 Å². The van der Waals surface area contributed by atoms with Gasteiger partial charge in [-0.15, -0.1) is 0 Å². The lowest BCUT2D eigenvalue weighted by Gasteiger charge is -2.11. The van der Waals surface area contributed by atoms with E-state index in [0.717, 1.165) is 0 Å². The van der Waals surface area contributed by atoms with Crippen molar-refractivity contribution in [3.63, 3.8) is 0 Å². The van der Waals surface area contributed by atoms with Crippen LogP contribution >= 0.6 is 15.9 Å². The highest BCUT2D eigenvalue weighted by Gasteiger charge is 2.10. The fourth-order valence-electron chi connectivity index (χ4n) is 1.43. The van der Waals surface area contributed by atoms with Crippen molar-refractivity contribution in [1.29, 1.82) is 0 Å². The molecule has 1 N–H and O–H groups in total. The molecule has 18 heavy (non-hydrogen) atoms. The van der Waals surface area contributed by atoms with Crippen molar-refractivity contribution in [3.8, 4) is 0 Å². The van der Waals surface area contributed by atoms with E-state index in [9.17, 15) is 18.3 Å². The second-order valence-electron chi connectivity index (χ2n) is 3.85. The van der Waals surface area contributed by atoms with E-state index < -0.39 is 25.0 Å². The second-order valence-corrected chi connectivity index (χ2v) is 4.76. The van der Waals surface area contributed by atoms with Gasteiger partial charge in [-0.05, 0) is 24.1 Å². The molecule has 0 fully saturated rings. The van der Waals surface area contributed by atoms with Gasteiger partial charge in [0.2, 0.25) is 0 Å². The first-order chi connectivity index (χ1) is 8.49. The number of alkyl halides is 2. The smallest absolute Gasteiger partial charge is 0.261 e. The average molecular weight is 327 g/mol. The van der Waals surface area contributed by atoms with Crippen molar-refractivity contribution in [2.24, 2.45) is 0 Å². The van der Waals surface area contributed by atoms with Crippen LogP contribution in [-0.2, 0) is 11.2 Å². The first kappa shape index (κ1) is 15.5. The zero-order valence-electron chi connectivity index (χ0n) is 9.58. The Bertz CT molecular complexity index is 374. The largest absolute Gasteiger partial charge is 0.393 e. The maximum Gasteiger partial charge on any atom is 0.261 e. The Morgan fingerprint density at radius 2 is 2.06 bits per heavy atom. The Labute approximate surface area is 112 Å². The molecule has 0 saturated heterocycles. The zero-order valence-corrected chi connectivity index (χ0v) is 11.2. The fraction of sp³-hybridized carbons (Fsp3) is 0.500. The molecule has 0 spiro atoms. The van der Waals surface area contributed by atoms with Gasteiger partial charge in [-0.3, -0.25) is 0 Å². The van der Waals surface area contributed by atoms with Gasteiger partial charge in [0.25, 0.3) is 6.43 Å². The SMILES string of the molecule is OC(CCOCC(F)F)Cc1ccc(Br)cc1F. The van der Waals surface area contributed by atoms with Crippen LogP contribution in [0.5, 0.6) is 0 Å². The minimum atomic E-state index is -2.51. The number of aliphatic hydroxyl groups is 1. The Balaban J connectivity index is 2.33. The Kier molecular flexibility index (Phi) is 6.67. The standard InChI is InChI=1S/C12H14BrF3O2/c13-9-2-1-8(11(14)6-9)5-10(17)3-4-18-7-12(15)16/h1-2,6,10,12,17H,3-5,7H2. The van der Waals surface area contributed by atoms with E-state index in [0.29, 0.717) is 10.0 Å². The molecule has 2 nitrogen and oxygen atoms in total. The highest BCUT2D eigenvalue weighted by molar-refractivity contribution is 9.10. The summed E-state index contributed by atoms with van der Waals surface area (Å²) < 4.78 is 42.2. The van der Waals surface area contributed by atoms with E-state index in [1.165, 1.54) is 6.07 Å². The lowest BCUT2D eigenvalue weighted by Crippen LogP contribution is -2.16. The Morgan fingerprint density at radius 1 is 1.33 bits per heavy atom. The van der Waals surface area contributed by atoms with Gasteiger partial charge in [0.15, 0.2) is 0 Å². The summed E-state index contributed by atoms with van der Waals surface area (Å²) in [5, 5.41) is 9.62. The molecule has 0 aliphatic rings. The molecular formula is C12H14BrF3O2. The van der Waals surface area contributed by atoms with E-state index in [1.807, 2.05) is 0 Å². The number of aliphatic hydroxyl groups excluding tert-OH is 1. The van der Waals surface area contributed by atoms with Gasteiger partial charge in [0, 0.05) is 17.5 Å². The summed E-state index contributed by atoms with van der Waals surface area (Å²) in [6.45, 7) is -0.608. The highest BCUT2D eigenvalue weighted by Crippen LogP contribution is 2.17. The average Bonchev–Trinajstić information content (AvgIpc) is 2.28. The molecule has 6 heteroatoms. The Hall–Kier alpha value is -0.590. The summed E-state index contributed by atoms with van der Waals surface area (Å²) in [7, 11) is 0. The Morgan fingerprint density at radius 3 is 2.67 bits per heavy atom. The monoisotopic (exact) mass is 326 g/mol.